The molecule has 0 aromatic heterocycles. The molecule has 0 saturated carbocycles. The highest BCUT2D eigenvalue weighted by Gasteiger charge is 2.33. The lowest BCUT2D eigenvalue weighted by Gasteiger charge is -2.19. The average Bonchev–Trinajstić information content (AvgIpc) is 2.58. The van der Waals surface area contributed by atoms with Crippen LogP contribution in [0, 0.1) is 5.82 Å². The molecular formula is C11H11ClFNO3. The Labute approximate surface area is 103 Å². The fourth-order valence-electron chi connectivity index (χ4n) is 1.83. The van der Waals surface area contributed by atoms with Gasteiger partial charge in [-0.05, 0) is 12.1 Å². The molecule has 1 N–H and O–H groups in total. The van der Waals surface area contributed by atoms with Gasteiger partial charge in [-0.2, -0.15) is 0 Å². The van der Waals surface area contributed by atoms with Gasteiger partial charge in [-0.1, -0.05) is 11.6 Å². The Hall–Kier alpha value is -1.33. The van der Waals surface area contributed by atoms with E-state index in [4.69, 9.17) is 16.3 Å². The van der Waals surface area contributed by atoms with Crippen LogP contribution in [0.4, 0.5) is 10.1 Å². The van der Waals surface area contributed by atoms with E-state index in [1.54, 1.807) is 0 Å². The van der Waals surface area contributed by atoms with Crippen molar-refractivity contribution in [2.45, 2.75) is 12.5 Å². The standard InChI is InChI=1S/C11H11ClFNO3/c1-17-8-3-2-7(12)11(10(8)13)14-5-6(15)4-9(14)16/h2-3,6,15H,4-5H2,1H3. The second-order valence-corrected chi connectivity index (χ2v) is 4.18. The maximum Gasteiger partial charge on any atom is 0.229 e. The lowest BCUT2D eigenvalue weighted by atomic mass is 10.2. The minimum Gasteiger partial charge on any atom is -0.494 e. The second kappa shape index (κ2) is 4.50. The van der Waals surface area contributed by atoms with Crippen molar-refractivity contribution in [3.05, 3.63) is 23.0 Å². The van der Waals surface area contributed by atoms with Crippen LogP contribution in [0.2, 0.25) is 5.02 Å². The van der Waals surface area contributed by atoms with E-state index in [0.29, 0.717) is 0 Å². The fourth-order valence-corrected chi connectivity index (χ4v) is 2.08. The van der Waals surface area contributed by atoms with Crippen LogP contribution in [0.3, 0.4) is 0 Å². The van der Waals surface area contributed by atoms with Gasteiger partial charge >= 0.3 is 0 Å². The van der Waals surface area contributed by atoms with Crippen molar-refractivity contribution in [1.29, 1.82) is 0 Å². The molecule has 0 radical (unpaired) electrons. The molecule has 1 heterocycles. The predicted octanol–water partition coefficient (Wildman–Crippen LogP) is 1.59. The van der Waals surface area contributed by atoms with Gasteiger partial charge in [-0.25, -0.2) is 4.39 Å². The van der Waals surface area contributed by atoms with Gasteiger partial charge in [0.25, 0.3) is 0 Å². The first-order valence-electron chi connectivity index (χ1n) is 5.05. The lowest BCUT2D eigenvalue weighted by Crippen LogP contribution is -2.26. The minimum absolute atomic E-state index is 0.0126. The first kappa shape index (κ1) is 12.1. The molecule has 1 unspecified atom stereocenters. The summed E-state index contributed by atoms with van der Waals surface area (Å²) in [5.74, 6) is -1.03. The van der Waals surface area contributed by atoms with Crippen LogP contribution >= 0.6 is 11.6 Å². The van der Waals surface area contributed by atoms with Gasteiger partial charge in [0.15, 0.2) is 11.6 Å². The van der Waals surface area contributed by atoms with Crippen LogP contribution in [-0.2, 0) is 4.79 Å². The number of nitrogens with zero attached hydrogens (tertiary/aromatic N) is 1. The lowest BCUT2D eigenvalue weighted by molar-refractivity contribution is -0.117. The van der Waals surface area contributed by atoms with Gasteiger partial charge in [0, 0.05) is 0 Å². The van der Waals surface area contributed by atoms with E-state index in [0.717, 1.165) is 4.90 Å². The summed E-state index contributed by atoms with van der Waals surface area (Å²) in [6.07, 6.45) is -0.809. The van der Waals surface area contributed by atoms with Gasteiger partial charge in [-0.3, -0.25) is 4.79 Å². The maximum atomic E-state index is 14.0. The summed E-state index contributed by atoms with van der Waals surface area (Å²) in [5.41, 5.74) is -0.0347. The van der Waals surface area contributed by atoms with Gasteiger partial charge < -0.3 is 14.7 Å². The molecule has 1 aromatic carbocycles. The number of halogens is 2. The monoisotopic (exact) mass is 259 g/mol. The molecule has 6 heteroatoms. The van der Waals surface area contributed by atoms with Crippen LogP contribution < -0.4 is 9.64 Å². The largest absolute Gasteiger partial charge is 0.494 e. The molecule has 92 valence electrons. The van der Waals surface area contributed by atoms with E-state index >= 15 is 0 Å². The first-order valence-corrected chi connectivity index (χ1v) is 5.42. The fraction of sp³-hybridized carbons (Fsp3) is 0.364. The third-order valence-corrected chi connectivity index (χ3v) is 2.93. The zero-order valence-corrected chi connectivity index (χ0v) is 9.87. The molecule has 0 aliphatic carbocycles. The van der Waals surface area contributed by atoms with Crippen LogP contribution in [0.5, 0.6) is 5.75 Å². The van der Waals surface area contributed by atoms with Gasteiger partial charge in [-0.15, -0.1) is 0 Å². The molecular weight excluding hydrogens is 249 g/mol. The number of benzene rings is 1. The number of ether oxygens (including phenoxy) is 1. The zero-order chi connectivity index (χ0) is 12.6. The molecule has 0 spiro atoms. The molecule has 0 bridgehead atoms. The number of methoxy groups -OCH3 is 1. The Kier molecular flexibility index (Phi) is 3.22. The van der Waals surface area contributed by atoms with Crippen LogP contribution in [0.15, 0.2) is 12.1 Å². The summed E-state index contributed by atoms with van der Waals surface area (Å²) in [7, 11) is 1.33. The second-order valence-electron chi connectivity index (χ2n) is 3.77. The number of β-amino-alcohol motifs (C(OH)–C–C–N with tert-alkyl or cyclic N) is 1. The predicted molar refractivity (Wildman–Crippen MR) is 60.9 cm³/mol. The highest BCUT2D eigenvalue weighted by molar-refractivity contribution is 6.34. The Morgan fingerprint density at radius 3 is 2.82 bits per heavy atom. The minimum atomic E-state index is -0.788. The van der Waals surface area contributed by atoms with Gasteiger partial charge in [0.1, 0.15) is 5.69 Å². The number of aliphatic hydroxyl groups is 1. The summed E-state index contributed by atoms with van der Waals surface area (Å²) in [5, 5.41) is 9.50. The van der Waals surface area contributed by atoms with E-state index < -0.39 is 11.9 Å². The third-order valence-electron chi connectivity index (χ3n) is 2.63. The highest BCUT2D eigenvalue weighted by atomic mass is 35.5. The quantitative estimate of drug-likeness (QED) is 0.877. The normalized spacial score (nSPS) is 19.9. The van der Waals surface area contributed by atoms with Gasteiger partial charge in [0.05, 0.1) is 31.2 Å². The van der Waals surface area contributed by atoms with Crippen molar-refractivity contribution < 1.29 is 19.0 Å². The molecule has 17 heavy (non-hydrogen) atoms. The highest BCUT2D eigenvalue weighted by Crippen LogP contribution is 2.36. The van der Waals surface area contributed by atoms with E-state index in [2.05, 4.69) is 0 Å². The summed E-state index contributed by atoms with van der Waals surface area (Å²) >= 11 is 5.88. The topological polar surface area (TPSA) is 49.8 Å². The molecule has 2 rings (SSSR count). The van der Waals surface area contributed by atoms with Gasteiger partial charge in [0.2, 0.25) is 5.91 Å². The number of anilines is 1. The zero-order valence-electron chi connectivity index (χ0n) is 9.11. The van der Waals surface area contributed by atoms with Crippen molar-refractivity contribution >= 4 is 23.2 Å². The Balaban J connectivity index is 2.47. The molecule has 4 nitrogen and oxygen atoms in total. The molecule has 1 atom stereocenters. The van der Waals surface area contributed by atoms with Crippen LogP contribution in [0.1, 0.15) is 6.42 Å². The summed E-state index contributed by atoms with van der Waals surface area (Å²) < 4.78 is 18.8. The summed E-state index contributed by atoms with van der Waals surface area (Å²) in [6.45, 7) is 0.0443. The van der Waals surface area contributed by atoms with Crippen molar-refractivity contribution in [3.63, 3.8) is 0 Å². The molecule has 1 aliphatic heterocycles. The molecule has 1 saturated heterocycles. The van der Waals surface area contributed by atoms with Crippen molar-refractivity contribution in [2.75, 3.05) is 18.6 Å². The molecule has 1 amide bonds. The van der Waals surface area contributed by atoms with Crippen molar-refractivity contribution in [2.24, 2.45) is 0 Å². The third kappa shape index (κ3) is 2.08. The number of hydrogen-bond acceptors (Lipinski definition) is 3. The Morgan fingerprint density at radius 1 is 1.59 bits per heavy atom. The Bertz CT molecular complexity index is 466. The SMILES string of the molecule is COc1ccc(Cl)c(N2CC(O)CC2=O)c1F. The molecule has 1 aromatic rings. The summed E-state index contributed by atoms with van der Waals surface area (Å²) in [6, 6.07) is 2.84. The number of carbonyl (C=O) groups is 1. The van der Waals surface area contributed by atoms with Crippen molar-refractivity contribution in [3.8, 4) is 5.75 Å². The Morgan fingerprint density at radius 2 is 2.29 bits per heavy atom. The van der Waals surface area contributed by atoms with Crippen LogP contribution in [-0.4, -0.2) is 30.8 Å². The molecule has 1 aliphatic rings. The van der Waals surface area contributed by atoms with Crippen LogP contribution in [0.25, 0.3) is 0 Å². The smallest absolute Gasteiger partial charge is 0.229 e. The number of carbonyl (C=O) groups excluding carboxylic acids is 1. The number of hydrogen-bond donors (Lipinski definition) is 1. The van der Waals surface area contributed by atoms with E-state index in [-0.39, 0.29) is 35.3 Å². The number of aliphatic hydroxyl groups excluding tert-OH is 1. The van der Waals surface area contributed by atoms with Crippen molar-refractivity contribution in [1.82, 2.24) is 0 Å². The molecule has 1 fully saturated rings. The maximum absolute atomic E-state index is 14.0. The number of amides is 1. The van der Waals surface area contributed by atoms with E-state index in [1.165, 1.54) is 19.2 Å². The van der Waals surface area contributed by atoms with E-state index in [9.17, 15) is 14.3 Å². The van der Waals surface area contributed by atoms with E-state index in [1.807, 2.05) is 0 Å². The summed E-state index contributed by atoms with van der Waals surface area (Å²) in [4.78, 5) is 12.7. The average molecular weight is 260 g/mol. The number of rotatable bonds is 2. The first-order chi connectivity index (χ1) is 8.04.